The molecule has 1 aromatic heterocycles. The number of halogens is 3. The number of piperidine rings is 1. The van der Waals surface area contributed by atoms with Crippen LogP contribution in [0.2, 0.25) is 0 Å². The molecule has 1 unspecified atom stereocenters. The van der Waals surface area contributed by atoms with Crippen molar-refractivity contribution in [2.24, 2.45) is 11.8 Å². The number of nitrogens with zero attached hydrogens (tertiary/aromatic N) is 2. The number of nitrogens with one attached hydrogen (secondary N) is 1. The summed E-state index contributed by atoms with van der Waals surface area (Å²) in [4.78, 5) is 39.2. The van der Waals surface area contributed by atoms with Gasteiger partial charge in [0.2, 0.25) is 5.91 Å². The molecule has 3 aliphatic heterocycles. The number of hydrogen-bond donors (Lipinski definition) is 2. The molecule has 0 saturated carbocycles. The summed E-state index contributed by atoms with van der Waals surface area (Å²) in [7, 11) is 1.60. The van der Waals surface area contributed by atoms with E-state index >= 15 is 0 Å². The molecule has 214 valence electrons. The van der Waals surface area contributed by atoms with Crippen LogP contribution in [0.15, 0.2) is 28.7 Å². The van der Waals surface area contributed by atoms with E-state index in [-0.39, 0.29) is 23.3 Å². The Balaban J connectivity index is 0.000000448. The van der Waals surface area contributed by atoms with Gasteiger partial charge in [-0.2, -0.15) is 13.2 Å². The lowest BCUT2D eigenvalue weighted by Crippen LogP contribution is -2.56. The number of fused-ring (bicyclic) bond motifs is 3. The molecule has 3 atom stereocenters. The van der Waals surface area contributed by atoms with Gasteiger partial charge in [-0.25, -0.2) is 4.79 Å². The van der Waals surface area contributed by atoms with E-state index in [0.29, 0.717) is 42.1 Å². The quantitative estimate of drug-likeness (QED) is 0.577. The second-order valence-corrected chi connectivity index (χ2v) is 10.5. The number of carbonyl (C=O) groups is 3. The van der Waals surface area contributed by atoms with Crippen LogP contribution in [-0.4, -0.2) is 83.7 Å². The first-order chi connectivity index (χ1) is 18.4. The summed E-state index contributed by atoms with van der Waals surface area (Å²) in [5.74, 6) is -1.26. The number of aliphatic carboxylic acids is 1. The Morgan fingerprint density at radius 2 is 1.92 bits per heavy atom. The van der Waals surface area contributed by atoms with Gasteiger partial charge >= 0.3 is 12.1 Å². The van der Waals surface area contributed by atoms with Crippen molar-refractivity contribution < 1.29 is 41.8 Å². The Hall–Kier alpha value is -3.28. The average Bonchev–Trinajstić information content (AvgIpc) is 3.59. The number of hydrogen-bond acceptors (Lipinski definition) is 6. The SMILES string of the molecule is CCCC(C)N1C[C@H]2C(=O)NC3(CCN(C(=O)c4cc5cccc(OC)c5o4)CC3)[C@H]2C1.O=C(O)C(F)(F)F. The second-order valence-electron chi connectivity index (χ2n) is 10.5. The molecular formula is C27H34F3N3O6. The fourth-order valence-electron chi connectivity index (χ4n) is 6.11. The molecule has 1 aromatic carbocycles. The highest BCUT2D eigenvalue weighted by molar-refractivity contribution is 5.97. The van der Waals surface area contributed by atoms with Gasteiger partial charge in [-0.05, 0) is 38.3 Å². The maximum atomic E-state index is 13.2. The van der Waals surface area contributed by atoms with Crippen molar-refractivity contribution in [3.05, 3.63) is 30.0 Å². The van der Waals surface area contributed by atoms with Crippen LogP contribution >= 0.6 is 0 Å². The van der Waals surface area contributed by atoms with Crippen LogP contribution in [0.3, 0.4) is 0 Å². The summed E-state index contributed by atoms with van der Waals surface area (Å²) in [6.07, 6.45) is -1.16. The fourth-order valence-corrected chi connectivity index (χ4v) is 6.11. The average molecular weight is 554 g/mol. The van der Waals surface area contributed by atoms with Gasteiger partial charge in [-0.1, -0.05) is 25.5 Å². The van der Waals surface area contributed by atoms with Crippen LogP contribution in [-0.2, 0) is 9.59 Å². The number of benzene rings is 1. The molecule has 0 aliphatic carbocycles. The number of likely N-dealkylation sites (tertiary alicyclic amines) is 2. The summed E-state index contributed by atoms with van der Waals surface area (Å²) in [5.41, 5.74) is 0.418. The number of carboxylic acid groups (broad SMARTS) is 1. The van der Waals surface area contributed by atoms with Crippen LogP contribution in [0, 0.1) is 11.8 Å². The predicted octanol–water partition coefficient (Wildman–Crippen LogP) is 3.92. The summed E-state index contributed by atoms with van der Waals surface area (Å²) in [6.45, 7) is 7.58. The highest BCUT2D eigenvalue weighted by atomic mass is 19.4. The third-order valence-electron chi connectivity index (χ3n) is 8.22. The van der Waals surface area contributed by atoms with Crippen molar-refractivity contribution in [2.45, 2.75) is 57.3 Å². The lowest BCUT2D eigenvalue weighted by atomic mass is 9.75. The Morgan fingerprint density at radius 1 is 1.26 bits per heavy atom. The molecule has 9 nitrogen and oxygen atoms in total. The van der Waals surface area contributed by atoms with Crippen LogP contribution in [0.25, 0.3) is 11.0 Å². The van der Waals surface area contributed by atoms with Crippen LogP contribution in [0.5, 0.6) is 5.75 Å². The van der Waals surface area contributed by atoms with E-state index in [1.54, 1.807) is 13.2 Å². The molecule has 4 heterocycles. The number of para-hydroxylation sites is 1. The molecule has 12 heteroatoms. The Kier molecular flexibility index (Phi) is 8.15. The topological polar surface area (TPSA) is 112 Å². The summed E-state index contributed by atoms with van der Waals surface area (Å²) < 4.78 is 43.0. The summed E-state index contributed by atoms with van der Waals surface area (Å²) in [6, 6.07) is 7.95. The number of alkyl halides is 3. The second kappa shape index (κ2) is 11.1. The van der Waals surface area contributed by atoms with Crippen molar-refractivity contribution in [1.82, 2.24) is 15.1 Å². The van der Waals surface area contributed by atoms with E-state index in [9.17, 15) is 22.8 Å². The summed E-state index contributed by atoms with van der Waals surface area (Å²) in [5, 5.41) is 11.3. The minimum Gasteiger partial charge on any atom is -0.493 e. The number of carboxylic acids is 1. The first-order valence-corrected chi connectivity index (χ1v) is 13.1. The zero-order valence-electron chi connectivity index (χ0n) is 22.2. The van der Waals surface area contributed by atoms with E-state index < -0.39 is 12.1 Å². The van der Waals surface area contributed by atoms with E-state index in [0.717, 1.165) is 37.7 Å². The lowest BCUT2D eigenvalue weighted by Gasteiger charge is -2.42. The van der Waals surface area contributed by atoms with Gasteiger partial charge in [0.25, 0.3) is 5.91 Å². The van der Waals surface area contributed by atoms with Gasteiger partial charge in [-0.15, -0.1) is 0 Å². The normalized spacial score (nSPS) is 23.2. The number of carbonyl (C=O) groups excluding carboxylic acids is 2. The lowest BCUT2D eigenvalue weighted by molar-refractivity contribution is -0.192. The molecule has 0 radical (unpaired) electrons. The maximum absolute atomic E-state index is 13.2. The van der Waals surface area contributed by atoms with Crippen molar-refractivity contribution in [1.29, 1.82) is 0 Å². The van der Waals surface area contributed by atoms with Crippen molar-refractivity contribution in [2.75, 3.05) is 33.3 Å². The highest BCUT2D eigenvalue weighted by Crippen LogP contribution is 2.45. The van der Waals surface area contributed by atoms with Crippen LogP contribution in [0.1, 0.15) is 50.1 Å². The number of methoxy groups -OCH3 is 1. The zero-order chi connectivity index (χ0) is 28.5. The minimum absolute atomic E-state index is 0.0828. The Bertz CT molecular complexity index is 1220. The molecule has 0 bridgehead atoms. The molecule has 2 aromatic rings. The molecule has 39 heavy (non-hydrogen) atoms. The number of ether oxygens (including phenoxy) is 1. The van der Waals surface area contributed by atoms with Gasteiger partial charge in [0.15, 0.2) is 17.1 Å². The number of amides is 2. The molecule has 2 amide bonds. The Labute approximate surface area is 224 Å². The predicted molar refractivity (Wildman–Crippen MR) is 135 cm³/mol. The molecular weight excluding hydrogens is 519 g/mol. The van der Waals surface area contributed by atoms with Gasteiger partial charge in [0.05, 0.1) is 13.0 Å². The first kappa shape index (κ1) is 28.7. The number of furan rings is 1. The van der Waals surface area contributed by atoms with E-state index in [1.807, 2.05) is 23.1 Å². The van der Waals surface area contributed by atoms with E-state index in [1.165, 1.54) is 6.42 Å². The van der Waals surface area contributed by atoms with Gasteiger partial charge in [0, 0.05) is 49.1 Å². The Morgan fingerprint density at radius 3 is 2.51 bits per heavy atom. The summed E-state index contributed by atoms with van der Waals surface area (Å²) >= 11 is 0. The van der Waals surface area contributed by atoms with Gasteiger partial charge in [-0.3, -0.25) is 14.5 Å². The van der Waals surface area contributed by atoms with E-state index in [2.05, 4.69) is 24.1 Å². The zero-order valence-corrected chi connectivity index (χ0v) is 22.2. The molecule has 1 spiro atoms. The van der Waals surface area contributed by atoms with Crippen LogP contribution in [0.4, 0.5) is 13.2 Å². The van der Waals surface area contributed by atoms with Crippen LogP contribution < -0.4 is 10.1 Å². The van der Waals surface area contributed by atoms with Crippen molar-refractivity contribution in [3.63, 3.8) is 0 Å². The maximum Gasteiger partial charge on any atom is 0.490 e. The van der Waals surface area contributed by atoms with E-state index in [4.69, 9.17) is 19.1 Å². The van der Waals surface area contributed by atoms with Gasteiger partial charge < -0.3 is 24.5 Å². The van der Waals surface area contributed by atoms with Crippen molar-refractivity contribution >= 4 is 28.8 Å². The first-order valence-electron chi connectivity index (χ1n) is 13.1. The highest BCUT2D eigenvalue weighted by Gasteiger charge is 2.57. The monoisotopic (exact) mass is 553 g/mol. The smallest absolute Gasteiger partial charge is 0.490 e. The number of rotatable bonds is 5. The van der Waals surface area contributed by atoms with Gasteiger partial charge in [0.1, 0.15) is 0 Å². The fraction of sp³-hybridized carbons (Fsp3) is 0.593. The largest absolute Gasteiger partial charge is 0.493 e. The molecule has 2 N–H and O–H groups in total. The third kappa shape index (κ3) is 5.70. The minimum atomic E-state index is -5.08. The molecule has 3 aliphatic rings. The third-order valence-corrected chi connectivity index (χ3v) is 8.22. The molecule has 5 rings (SSSR count). The standard InChI is InChI=1S/C25H33N3O4.C2HF3O2/c1-4-6-16(2)28-14-18-19(15-28)25(26-23(18)29)9-11-27(12-10-25)24(30)21-13-17-7-5-8-20(31-3)22(17)32-21;3-2(4,5)1(6)7/h5,7-8,13,16,18-19H,4,6,9-12,14-15H2,1-3H3,(H,26,29);(H,6,7)/t16?,18-,19+;/m1./s1. The van der Waals surface area contributed by atoms with Crippen molar-refractivity contribution in [3.8, 4) is 5.75 Å². The molecule has 3 fully saturated rings. The molecule has 3 saturated heterocycles.